The quantitative estimate of drug-likeness (QED) is 0.621. The van der Waals surface area contributed by atoms with Crippen molar-refractivity contribution in [2.24, 2.45) is 0 Å². The number of amides is 5. The Morgan fingerprint density at radius 1 is 1.04 bits per heavy atom. The SMILES string of the molecule is Cc1ccc(N2C(=O)CCC2=O)c(C2(O)C(=O)N(C)C(=O)N2C)c1. The zero-order valence-electron chi connectivity index (χ0n) is 13.6. The summed E-state index contributed by atoms with van der Waals surface area (Å²) in [5.41, 5.74) is -1.39. The molecule has 1 N–H and O–H groups in total. The van der Waals surface area contributed by atoms with E-state index in [1.807, 2.05) is 0 Å². The molecule has 1 aromatic carbocycles. The molecule has 2 aliphatic rings. The number of likely N-dealkylation sites (N-methyl/N-ethyl adjacent to an activating group) is 2. The summed E-state index contributed by atoms with van der Waals surface area (Å²) in [6.45, 7) is 1.75. The lowest BCUT2D eigenvalue weighted by Crippen LogP contribution is -2.46. The number of aryl methyl sites for hydroxylation is 1. The molecular weight excluding hydrogens is 314 g/mol. The number of carbonyl (C=O) groups excluding carboxylic acids is 4. The topological polar surface area (TPSA) is 98.2 Å². The summed E-state index contributed by atoms with van der Waals surface area (Å²) in [4.78, 5) is 51.4. The summed E-state index contributed by atoms with van der Waals surface area (Å²) in [6, 6.07) is 4.02. The van der Waals surface area contributed by atoms with Gasteiger partial charge in [0, 0.05) is 32.5 Å². The first-order chi connectivity index (χ1) is 11.2. The monoisotopic (exact) mass is 331 g/mol. The van der Waals surface area contributed by atoms with Gasteiger partial charge in [-0.25, -0.2) is 4.79 Å². The molecule has 8 heteroatoms. The third-order valence-corrected chi connectivity index (χ3v) is 4.48. The third kappa shape index (κ3) is 1.96. The number of imide groups is 2. The predicted molar refractivity (Wildman–Crippen MR) is 82.7 cm³/mol. The van der Waals surface area contributed by atoms with Crippen LogP contribution in [-0.2, 0) is 20.1 Å². The van der Waals surface area contributed by atoms with Crippen LogP contribution in [-0.4, -0.2) is 52.8 Å². The highest BCUT2D eigenvalue weighted by molar-refractivity contribution is 6.20. The summed E-state index contributed by atoms with van der Waals surface area (Å²) in [6.07, 6.45) is 0.153. The van der Waals surface area contributed by atoms with Gasteiger partial charge in [0.05, 0.1) is 5.69 Å². The van der Waals surface area contributed by atoms with Crippen molar-refractivity contribution in [3.63, 3.8) is 0 Å². The van der Waals surface area contributed by atoms with Crippen molar-refractivity contribution in [1.82, 2.24) is 9.80 Å². The Kier molecular flexibility index (Phi) is 3.45. The van der Waals surface area contributed by atoms with Crippen molar-refractivity contribution in [1.29, 1.82) is 0 Å². The fraction of sp³-hybridized carbons (Fsp3) is 0.375. The third-order valence-electron chi connectivity index (χ3n) is 4.48. The zero-order valence-corrected chi connectivity index (χ0v) is 13.6. The smallest absolute Gasteiger partial charge is 0.329 e. The van der Waals surface area contributed by atoms with Gasteiger partial charge in [0.2, 0.25) is 11.8 Å². The van der Waals surface area contributed by atoms with Gasteiger partial charge >= 0.3 is 6.03 Å². The molecule has 1 atom stereocenters. The zero-order chi connectivity index (χ0) is 17.8. The standard InChI is InChI=1S/C16H17N3O5/c1-9-4-5-11(19-12(20)6-7-13(19)21)10(8-9)16(24)14(22)17(2)15(23)18(16)3/h4-5,8,24H,6-7H2,1-3H3. The average molecular weight is 331 g/mol. The summed E-state index contributed by atoms with van der Waals surface area (Å²) >= 11 is 0. The minimum atomic E-state index is -2.27. The molecule has 0 bridgehead atoms. The molecule has 2 fully saturated rings. The second kappa shape index (κ2) is 5.13. The predicted octanol–water partition coefficient (Wildman–Crippen LogP) is 0.317. The molecule has 0 aromatic heterocycles. The van der Waals surface area contributed by atoms with E-state index in [4.69, 9.17) is 0 Å². The first kappa shape index (κ1) is 16.1. The van der Waals surface area contributed by atoms with Crippen molar-refractivity contribution in [3.05, 3.63) is 29.3 Å². The van der Waals surface area contributed by atoms with Crippen LogP contribution in [0.15, 0.2) is 18.2 Å². The van der Waals surface area contributed by atoms with Crippen molar-refractivity contribution >= 4 is 29.4 Å². The lowest BCUT2D eigenvalue weighted by atomic mass is 9.96. The minimum absolute atomic E-state index is 0.0382. The van der Waals surface area contributed by atoms with E-state index in [1.54, 1.807) is 13.0 Å². The molecule has 0 saturated carbocycles. The van der Waals surface area contributed by atoms with Gasteiger partial charge in [-0.05, 0) is 19.1 Å². The number of hydrogen-bond acceptors (Lipinski definition) is 5. The molecule has 126 valence electrons. The van der Waals surface area contributed by atoms with E-state index in [0.717, 1.165) is 14.7 Å². The Morgan fingerprint density at radius 3 is 2.12 bits per heavy atom. The van der Waals surface area contributed by atoms with Crippen LogP contribution in [0, 0.1) is 6.92 Å². The molecule has 2 aliphatic heterocycles. The minimum Gasteiger partial charge on any atom is -0.359 e. The fourth-order valence-corrected chi connectivity index (χ4v) is 3.09. The number of anilines is 1. The highest BCUT2D eigenvalue weighted by atomic mass is 16.3. The molecule has 1 unspecified atom stereocenters. The van der Waals surface area contributed by atoms with Crippen molar-refractivity contribution < 1.29 is 24.3 Å². The summed E-state index contributed by atoms with van der Waals surface area (Å²) in [5.74, 6) is -1.64. The van der Waals surface area contributed by atoms with E-state index in [1.165, 1.54) is 26.2 Å². The number of rotatable bonds is 2. The maximum atomic E-state index is 12.5. The lowest BCUT2D eigenvalue weighted by Gasteiger charge is -2.31. The van der Waals surface area contributed by atoms with Gasteiger partial charge in [-0.15, -0.1) is 0 Å². The summed E-state index contributed by atoms with van der Waals surface area (Å²) in [5, 5.41) is 11.0. The number of hydrogen-bond donors (Lipinski definition) is 1. The molecule has 0 aliphatic carbocycles. The van der Waals surface area contributed by atoms with E-state index in [-0.39, 0.29) is 24.1 Å². The van der Waals surface area contributed by atoms with Crippen LogP contribution in [0.1, 0.15) is 24.0 Å². The number of urea groups is 1. The van der Waals surface area contributed by atoms with Crippen LogP contribution in [0.2, 0.25) is 0 Å². The Balaban J connectivity index is 2.23. The molecule has 1 aromatic rings. The van der Waals surface area contributed by atoms with Gasteiger partial charge in [0.1, 0.15) is 0 Å². The van der Waals surface area contributed by atoms with Crippen molar-refractivity contribution in [2.75, 3.05) is 19.0 Å². The molecule has 0 spiro atoms. The van der Waals surface area contributed by atoms with Gasteiger partial charge in [-0.1, -0.05) is 11.6 Å². The molecule has 5 amide bonds. The van der Waals surface area contributed by atoms with Crippen LogP contribution >= 0.6 is 0 Å². The molecule has 0 radical (unpaired) electrons. The Bertz CT molecular complexity index is 774. The van der Waals surface area contributed by atoms with E-state index in [9.17, 15) is 24.3 Å². The van der Waals surface area contributed by atoms with Gasteiger partial charge in [-0.2, -0.15) is 0 Å². The lowest BCUT2D eigenvalue weighted by molar-refractivity contribution is -0.153. The van der Waals surface area contributed by atoms with Crippen LogP contribution < -0.4 is 4.90 Å². The highest BCUT2D eigenvalue weighted by Gasteiger charge is 2.56. The number of carbonyl (C=O) groups is 4. The second-order valence-electron chi connectivity index (χ2n) is 6.02. The highest BCUT2D eigenvalue weighted by Crippen LogP contribution is 2.40. The Morgan fingerprint density at radius 2 is 1.62 bits per heavy atom. The van der Waals surface area contributed by atoms with Gasteiger partial charge in [0.15, 0.2) is 0 Å². The number of nitrogens with zero attached hydrogens (tertiary/aromatic N) is 3. The molecule has 3 rings (SSSR count). The first-order valence-corrected chi connectivity index (χ1v) is 7.44. The number of aliphatic hydroxyl groups is 1. The average Bonchev–Trinajstić information content (AvgIpc) is 2.95. The summed E-state index contributed by atoms with van der Waals surface area (Å²) < 4.78 is 0. The largest absolute Gasteiger partial charge is 0.359 e. The van der Waals surface area contributed by atoms with Crippen LogP contribution in [0.4, 0.5) is 10.5 Å². The van der Waals surface area contributed by atoms with Gasteiger partial charge in [-0.3, -0.25) is 29.1 Å². The maximum absolute atomic E-state index is 12.5. The van der Waals surface area contributed by atoms with Gasteiger partial charge < -0.3 is 5.11 Å². The second-order valence-corrected chi connectivity index (χ2v) is 6.02. The Hall–Kier alpha value is -2.74. The number of benzene rings is 1. The van der Waals surface area contributed by atoms with E-state index < -0.39 is 29.5 Å². The molecule has 2 heterocycles. The Labute approximate surface area is 138 Å². The molecule has 2 saturated heterocycles. The van der Waals surface area contributed by atoms with Crippen LogP contribution in [0.3, 0.4) is 0 Å². The molecule has 8 nitrogen and oxygen atoms in total. The first-order valence-electron chi connectivity index (χ1n) is 7.44. The van der Waals surface area contributed by atoms with Crippen LogP contribution in [0.25, 0.3) is 0 Å². The van der Waals surface area contributed by atoms with Crippen LogP contribution in [0.5, 0.6) is 0 Å². The van der Waals surface area contributed by atoms with Crippen molar-refractivity contribution in [2.45, 2.75) is 25.5 Å². The molecular formula is C16H17N3O5. The maximum Gasteiger partial charge on any atom is 0.329 e. The van der Waals surface area contributed by atoms with Gasteiger partial charge in [0.25, 0.3) is 11.6 Å². The fourth-order valence-electron chi connectivity index (χ4n) is 3.09. The molecule has 24 heavy (non-hydrogen) atoms. The van der Waals surface area contributed by atoms with E-state index in [2.05, 4.69) is 0 Å². The van der Waals surface area contributed by atoms with Crippen molar-refractivity contribution in [3.8, 4) is 0 Å². The normalized spacial score (nSPS) is 24.6. The summed E-state index contributed by atoms with van der Waals surface area (Å²) in [7, 11) is 2.56. The van der Waals surface area contributed by atoms with E-state index >= 15 is 0 Å². The van der Waals surface area contributed by atoms with E-state index in [0.29, 0.717) is 5.56 Å².